The highest BCUT2D eigenvalue weighted by Crippen LogP contribution is 2.39. The maximum atomic E-state index is 15.0. The van der Waals surface area contributed by atoms with Crippen LogP contribution in [0.1, 0.15) is 36.8 Å². The van der Waals surface area contributed by atoms with E-state index < -0.39 is 31.7 Å². The summed E-state index contributed by atoms with van der Waals surface area (Å²) in [6, 6.07) is 7.14. The van der Waals surface area contributed by atoms with Crippen molar-refractivity contribution in [2.75, 3.05) is 31.3 Å². The Morgan fingerprint density at radius 3 is 2.70 bits per heavy atom. The van der Waals surface area contributed by atoms with Gasteiger partial charge in [-0.25, -0.2) is 17.9 Å². The molecule has 11 heteroatoms. The van der Waals surface area contributed by atoms with E-state index in [1.165, 1.54) is 37.6 Å². The molecular weight excluding hydrogens is 469 g/mol. The molecule has 3 N–H and O–H groups in total. The summed E-state index contributed by atoms with van der Waals surface area (Å²) < 4.78 is 37.4. The lowest BCUT2D eigenvalue weighted by atomic mass is 9.92. The van der Waals surface area contributed by atoms with Gasteiger partial charge in [0.15, 0.2) is 0 Å². The third-order valence-electron chi connectivity index (χ3n) is 5.62. The third-order valence-corrected chi connectivity index (χ3v) is 9.20. The number of carbonyl (C=O) groups excluding carboxylic acids is 1. The van der Waals surface area contributed by atoms with Gasteiger partial charge in [0.1, 0.15) is 27.6 Å². The van der Waals surface area contributed by atoms with Crippen molar-refractivity contribution < 1.29 is 18.1 Å². The summed E-state index contributed by atoms with van der Waals surface area (Å²) in [5.74, 6) is -0.957. The quantitative estimate of drug-likeness (QED) is 0.593. The van der Waals surface area contributed by atoms with Crippen molar-refractivity contribution >= 4 is 38.8 Å². The van der Waals surface area contributed by atoms with Gasteiger partial charge in [-0.1, -0.05) is 11.6 Å². The second-order valence-electron chi connectivity index (χ2n) is 8.42. The number of anilines is 1. The van der Waals surface area contributed by atoms with Gasteiger partial charge in [0.05, 0.1) is 33.7 Å². The molecular formula is C22H27ClFN5O3S. The molecule has 0 bridgehead atoms. The number of carbonyl (C=O) groups is 1. The van der Waals surface area contributed by atoms with Gasteiger partial charge in [0, 0.05) is 24.6 Å². The van der Waals surface area contributed by atoms with Crippen molar-refractivity contribution in [1.29, 1.82) is 0 Å². The fourth-order valence-corrected chi connectivity index (χ4v) is 6.11. The summed E-state index contributed by atoms with van der Waals surface area (Å²) in [6.45, 7) is 5.61. The molecule has 0 aliphatic carbocycles. The molecule has 0 radical (unpaired) electrons. The van der Waals surface area contributed by atoms with Crippen LogP contribution in [0, 0.1) is 5.82 Å². The van der Waals surface area contributed by atoms with E-state index in [1.54, 1.807) is 26.8 Å². The number of benzene rings is 1. The first kappa shape index (κ1) is 25.1. The monoisotopic (exact) mass is 495 g/mol. The number of ether oxygens (including phenoxy) is 1. The topological polar surface area (TPSA) is 119 Å². The molecule has 178 valence electrons. The average Bonchev–Trinajstić information content (AvgIpc) is 2.74. The molecule has 2 heterocycles. The maximum Gasteiger partial charge on any atom is 0.274 e. The maximum absolute atomic E-state index is 15.0. The fraction of sp³-hybridized carbons (Fsp3) is 0.409. The SMILES string of the molecule is COCCN=S1(=O)C[C@@](C)(c2cc(NC(=O)c3ccc(Cl)cn3)ccc2F)N=C(N)C1(C)C. The number of methoxy groups -OCH3 is 1. The highest BCUT2D eigenvalue weighted by molar-refractivity contribution is 7.95. The predicted octanol–water partition coefficient (Wildman–Crippen LogP) is 3.61. The molecule has 33 heavy (non-hydrogen) atoms. The Morgan fingerprint density at radius 2 is 2.06 bits per heavy atom. The Labute approximate surface area is 198 Å². The molecule has 8 nitrogen and oxygen atoms in total. The Hall–Kier alpha value is -2.56. The van der Waals surface area contributed by atoms with Crippen LogP contribution >= 0.6 is 11.6 Å². The van der Waals surface area contributed by atoms with Gasteiger partial charge in [-0.3, -0.25) is 9.79 Å². The smallest absolute Gasteiger partial charge is 0.274 e. The van der Waals surface area contributed by atoms with Crippen molar-refractivity contribution in [1.82, 2.24) is 4.98 Å². The van der Waals surface area contributed by atoms with E-state index in [0.717, 1.165) is 0 Å². The predicted molar refractivity (Wildman–Crippen MR) is 129 cm³/mol. The van der Waals surface area contributed by atoms with Crippen molar-refractivity contribution in [2.24, 2.45) is 15.1 Å². The number of rotatable bonds is 6. The van der Waals surface area contributed by atoms with E-state index in [-0.39, 0.29) is 29.4 Å². The molecule has 0 saturated heterocycles. The first-order valence-electron chi connectivity index (χ1n) is 10.2. The number of hydrogen-bond acceptors (Lipinski definition) is 7. The summed E-state index contributed by atoms with van der Waals surface area (Å²) in [6.07, 6.45) is 1.36. The zero-order valence-corrected chi connectivity index (χ0v) is 20.5. The van der Waals surface area contributed by atoms with Crippen LogP contribution in [0.4, 0.5) is 10.1 Å². The molecule has 0 spiro atoms. The van der Waals surface area contributed by atoms with Crippen LogP contribution in [0.5, 0.6) is 0 Å². The Balaban J connectivity index is 2.00. The van der Waals surface area contributed by atoms with Gasteiger partial charge < -0.3 is 15.8 Å². The van der Waals surface area contributed by atoms with Crippen molar-refractivity contribution in [3.05, 3.63) is 58.6 Å². The van der Waals surface area contributed by atoms with Crippen LogP contribution in [0.15, 0.2) is 45.9 Å². The minimum atomic E-state index is -2.93. The summed E-state index contributed by atoms with van der Waals surface area (Å²) in [4.78, 5) is 21.1. The van der Waals surface area contributed by atoms with Crippen molar-refractivity contribution in [3.8, 4) is 0 Å². The molecule has 1 amide bonds. The standard InChI is InChI=1S/C22H27ClFN5O3S/c1-21(2)20(25)29-22(3,13-33(21,31)27-9-10-32-4)16-11-15(6-7-17(16)24)28-19(30)18-8-5-14(23)12-26-18/h5-8,11-12H,9-10,13H2,1-4H3,(H2,25,29)(H,28,30)/t22-,33?/m0/s1. The summed E-state index contributed by atoms with van der Waals surface area (Å²) in [7, 11) is -1.40. The van der Waals surface area contributed by atoms with Gasteiger partial charge in [0.2, 0.25) is 0 Å². The lowest BCUT2D eigenvalue weighted by molar-refractivity contribution is 0.102. The van der Waals surface area contributed by atoms with E-state index in [4.69, 9.17) is 22.1 Å². The number of hydrogen-bond donors (Lipinski definition) is 2. The lowest BCUT2D eigenvalue weighted by Gasteiger charge is -2.40. The molecule has 1 unspecified atom stereocenters. The number of nitrogens with zero attached hydrogens (tertiary/aromatic N) is 3. The molecule has 0 fully saturated rings. The molecule has 2 aromatic rings. The fourth-order valence-electron chi connectivity index (χ4n) is 3.50. The first-order chi connectivity index (χ1) is 15.4. The number of nitrogens with two attached hydrogens (primary N) is 1. The molecule has 1 aliphatic heterocycles. The van der Waals surface area contributed by atoms with E-state index in [1.807, 2.05) is 0 Å². The second kappa shape index (κ2) is 9.36. The Bertz CT molecular complexity index is 1210. The van der Waals surface area contributed by atoms with E-state index >= 15 is 0 Å². The number of aliphatic imine (C=N–C) groups is 1. The lowest BCUT2D eigenvalue weighted by Crippen LogP contribution is -2.55. The van der Waals surface area contributed by atoms with Crippen LogP contribution in [0.3, 0.4) is 0 Å². The highest BCUT2D eigenvalue weighted by Gasteiger charge is 2.48. The molecule has 1 aromatic carbocycles. The molecule has 3 rings (SSSR count). The van der Waals surface area contributed by atoms with Crippen LogP contribution < -0.4 is 11.1 Å². The van der Waals surface area contributed by atoms with E-state index in [2.05, 4.69) is 19.7 Å². The Morgan fingerprint density at radius 1 is 1.33 bits per heavy atom. The van der Waals surface area contributed by atoms with E-state index in [0.29, 0.717) is 17.3 Å². The van der Waals surface area contributed by atoms with Crippen LogP contribution in [-0.2, 0) is 20.0 Å². The van der Waals surface area contributed by atoms with Gasteiger partial charge in [-0.2, -0.15) is 0 Å². The third kappa shape index (κ3) is 5.02. The van der Waals surface area contributed by atoms with Gasteiger partial charge >= 0.3 is 0 Å². The minimum absolute atomic E-state index is 0.0372. The second-order valence-corrected chi connectivity index (χ2v) is 11.7. The largest absolute Gasteiger partial charge is 0.386 e. The van der Waals surface area contributed by atoms with Gasteiger partial charge in [-0.05, 0) is 51.1 Å². The summed E-state index contributed by atoms with van der Waals surface area (Å²) in [5.41, 5.74) is 5.61. The van der Waals surface area contributed by atoms with Gasteiger partial charge in [0.25, 0.3) is 5.91 Å². The van der Waals surface area contributed by atoms with E-state index in [9.17, 15) is 13.4 Å². The molecule has 0 saturated carbocycles. The number of pyridine rings is 1. The van der Waals surface area contributed by atoms with Crippen LogP contribution in [0.2, 0.25) is 5.02 Å². The van der Waals surface area contributed by atoms with Crippen LogP contribution in [-0.4, -0.2) is 51.7 Å². The molecule has 2 atom stereocenters. The highest BCUT2D eigenvalue weighted by atomic mass is 35.5. The van der Waals surface area contributed by atoms with Crippen molar-refractivity contribution in [2.45, 2.75) is 31.1 Å². The number of aromatic nitrogens is 1. The number of halogens is 2. The zero-order chi connectivity index (χ0) is 24.4. The number of amides is 1. The summed E-state index contributed by atoms with van der Waals surface area (Å²) in [5, 5.41) is 3.09. The van der Waals surface area contributed by atoms with Crippen molar-refractivity contribution in [3.63, 3.8) is 0 Å². The number of amidine groups is 1. The first-order valence-corrected chi connectivity index (χ1v) is 12.3. The summed E-state index contributed by atoms with van der Waals surface area (Å²) >= 11 is 5.81. The normalized spacial score (nSPS) is 24.1. The Kier molecular flexibility index (Phi) is 7.11. The average molecular weight is 496 g/mol. The van der Waals surface area contributed by atoms with Gasteiger partial charge in [-0.15, -0.1) is 0 Å². The minimum Gasteiger partial charge on any atom is -0.386 e. The molecule has 1 aromatic heterocycles. The zero-order valence-electron chi connectivity index (χ0n) is 18.9. The molecule has 1 aliphatic rings. The van der Waals surface area contributed by atoms with Crippen LogP contribution in [0.25, 0.3) is 0 Å². The number of nitrogens with one attached hydrogen (secondary N) is 1.